The predicted octanol–water partition coefficient (Wildman–Crippen LogP) is 3.29. The van der Waals surface area contributed by atoms with Crippen LogP contribution in [0.3, 0.4) is 0 Å². The van der Waals surface area contributed by atoms with Crippen molar-refractivity contribution in [2.45, 2.75) is 33.7 Å². The lowest BCUT2D eigenvalue weighted by molar-refractivity contribution is 0.246. The van der Waals surface area contributed by atoms with Crippen LogP contribution in [0.4, 0.5) is 10.5 Å². The Labute approximate surface area is 142 Å². The lowest BCUT2D eigenvalue weighted by atomic mass is 10.1. The maximum atomic E-state index is 12.6. The van der Waals surface area contributed by atoms with E-state index in [4.69, 9.17) is 4.74 Å². The van der Waals surface area contributed by atoms with Gasteiger partial charge in [-0.15, -0.1) is 0 Å². The zero-order valence-electron chi connectivity index (χ0n) is 14.6. The Morgan fingerprint density at radius 3 is 2.83 bits per heavy atom. The fourth-order valence-electron chi connectivity index (χ4n) is 3.17. The van der Waals surface area contributed by atoms with Crippen molar-refractivity contribution in [3.05, 3.63) is 52.2 Å². The number of fused-ring (bicyclic) bond motifs is 1. The van der Waals surface area contributed by atoms with Gasteiger partial charge in [-0.3, -0.25) is 4.90 Å². The van der Waals surface area contributed by atoms with Gasteiger partial charge < -0.3 is 10.1 Å². The Hall–Kier alpha value is -2.56. The fraction of sp³-hybridized carbons (Fsp3) is 0.368. The molecule has 1 N–H and O–H groups in total. The van der Waals surface area contributed by atoms with Crippen LogP contribution in [0.25, 0.3) is 0 Å². The number of carbonyl (C=O) groups excluding carboxylic acids is 1. The number of pyridine rings is 1. The summed E-state index contributed by atoms with van der Waals surface area (Å²) in [5, 5.41) is 3.00. The molecule has 0 unspecified atom stereocenters. The Bertz CT molecular complexity index is 786. The van der Waals surface area contributed by atoms with E-state index in [0.717, 1.165) is 34.5 Å². The summed E-state index contributed by atoms with van der Waals surface area (Å²) in [6, 6.07) is 8.18. The topological polar surface area (TPSA) is 54.5 Å². The number of carbonyl (C=O) groups is 1. The van der Waals surface area contributed by atoms with Crippen molar-refractivity contribution in [1.82, 2.24) is 10.3 Å². The zero-order valence-corrected chi connectivity index (χ0v) is 14.6. The van der Waals surface area contributed by atoms with Gasteiger partial charge in [0.05, 0.1) is 13.7 Å². The summed E-state index contributed by atoms with van der Waals surface area (Å²) >= 11 is 0. The lowest BCUT2D eigenvalue weighted by Gasteiger charge is -2.19. The molecule has 1 aliphatic heterocycles. The molecule has 1 aromatic heterocycles. The molecule has 3 rings (SSSR count). The first-order valence-electron chi connectivity index (χ1n) is 8.15. The van der Waals surface area contributed by atoms with Crippen LogP contribution in [-0.2, 0) is 13.0 Å². The summed E-state index contributed by atoms with van der Waals surface area (Å²) in [5.74, 6) is 0.575. The number of amides is 2. The average molecular weight is 325 g/mol. The summed E-state index contributed by atoms with van der Waals surface area (Å²) < 4.78 is 5.36. The van der Waals surface area contributed by atoms with E-state index in [0.29, 0.717) is 19.0 Å². The third-order valence-electron chi connectivity index (χ3n) is 4.43. The van der Waals surface area contributed by atoms with E-state index in [1.807, 2.05) is 31.7 Å². The summed E-state index contributed by atoms with van der Waals surface area (Å²) in [5.41, 5.74) is 6.29. The van der Waals surface area contributed by atoms with Crippen LogP contribution in [0.2, 0.25) is 0 Å². The van der Waals surface area contributed by atoms with Crippen LogP contribution < -0.4 is 15.0 Å². The first kappa shape index (κ1) is 16.3. The number of benzene rings is 1. The minimum absolute atomic E-state index is 0.0821. The molecular formula is C19H23N3O2. The van der Waals surface area contributed by atoms with Crippen LogP contribution >= 0.6 is 0 Å². The maximum absolute atomic E-state index is 12.6. The highest BCUT2D eigenvalue weighted by molar-refractivity contribution is 5.94. The van der Waals surface area contributed by atoms with Crippen molar-refractivity contribution in [3.8, 4) is 5.88 Å². The second-order valence-electron chi connectivity index (χ2n) is 6.26. The highest BCUT2D eigenvalue weighted by Gasteiger charge is 2.24. The Balaban J connectivity index is 1.75. The number of methoxy groups -OCH3 is 1. The number of hydrogen-bond acceptors (Lipinski definition) is 3. The van der Waals surface area contributed by atoms with Gasteiger partial charge in [0, 0.05) is 23.5 Å². The molecule has 0 saturated carbocycles. The van der Waals surface area contributed by atoms with Crippen LogP contribution in [0.1, 0.15) is 27.9 Å². The highest BCUT2D eigenvalue weighted by Crippen LogP contribution is 2.29. The van der Waals surface area contributed by atoms with Crippen LogP contribution in [-0.4, -0.2) is 24.7 Å². The predicted molar refractivity (Wildman–Crippen MR) is 94.7 cm³/mol. The van der Waals surface area contributed by atoms with Crippen molar-refractivity contribution in [1.29, 1.82) is 0 Å². The number of anilines is 1. The minimum Gasteiger partial charge on any atom is -0.481 e. The van der Waals surface area contributed by atoms with Crippen LogP contribution in [0, 0.1) is 20.8 Å². The van der Waals surface area contributed by atoms with Gasteiger partial charge in [-0.25, -0.2) is 9.78 Å². The molecule has 0 spiro atoms. The van der Waals surface area contributed by atoms with E-state index in [1.165, 1.54) is 5.56 Å². The van der Waals surface area contributed by atoms with Crippen LogP contribution in [0.15, 0.2) is 24.3 Å². The quantitative estimate of drug-likeness (QED) is 0.942. The fourth-order valence-corrected chi connectivity index (χ4v) is 3.17. The van der Waals surface area contributed by atoms with E-state index in [-0.39, 0.29) is 6.03 Å². The molecule has 1 aliphatic rings. The maximum Gasteiger partial charge on any atom is 0.322 e. The smallest absolute Gasteiger partial charge is 0.322 e. The number of aromatic nitrogens is 1. The van der Waals surface area contributed by atoms with E-state index in [9.17, 15) is 4.79 Å². The first-order chi connectivity index (χ1) is 11.5. The van der Waals surface area contributed by atoms with Gasteiger partial charge in [0.25, 0.3) is 0 Å². The Morgan fingerprint density at radius 1 is 1.29 bits per heavy atom. The Morgan fingerprint density at radius 2 is 2.08 bits per heavy atom. The molecule has 0 saturated heterocycles. The second-order valence-corrected chi connectivity index (χ2v) is 6.26. The largest absolute Gasteiger partial charge is 0.481 e. The van der Waals surface area contributed by atoms with E-state index >= 15 is 0 Å². The normalized spacial score (nSPS) is 12.9. The van der Waals surface area contributed by atoms with Gasteiger partial charge in [-0.1, -0.05) is 12.1 Å². The molecular weight excluding hydrogens is 302 g/mol. The molecule has 24 heavy (non-hydrogen) atoms. The Kier molecular flexibility index (Phi) is 4.42. The monoisotopic (exact) mass is 325 g/mol. The number of ether oxygens (including phenoxy) is 1. The molecule has 0 radical (unpaired) electrons. The summed E-state index contributed by atoms with van der Waals surface area (Å²) in [7, 11) is 1.60. The molecule has 2 amide bonds. The highest BCUT2D eigenvalue weighted by atomic mass is 16.5. The third kappa shape index (κ3) is 3.07. The number of aryl methyl sites for hydroxylation is 3. The van der Waals surface area contributed by atoms with Gasteiger partial charge in [-0.05, 0) is 56.0 Å². The number of rotatable bonds is 3. The van der Waals surface area contributed by atoms with Gasteiger partial charge in [-0.2, -0.15) is 0 Å². The molecule has 2 heterocycles. The van der Waals surface area contributed by atoms with E-state index < -0.39 is 0 Å². The number of nitrogens with zero attached hydrogens (tertiary/aromatic N) is 2. The van der Waals surface area contributed by atoms with Crippen molar-refractivity contribution < 1.29 is 9.53 Å². The lowest BCUT2D eigenvalue weighted by Crippen LogP contribution is -2.38. The van der Waals surface area contributed by atoms with Crippen molar-refractivity contribution in [3.63, 3.8) is 0 Å². The van der Waals surface area contributed by atoms with Gasteiger partial charge >= 0.3 is 6.03 Å². The molecule has 1 aromatic carbocycles. The van der Waals surface area contributed by atoms with Crippen molar-refractivity contribution in [2.75, 3.05) is 18.6 Å². The molecule has 0 aliphatic carbocycles. The zero-order chi connectivity index (χ0) is 17.3. The molecule has 5 heteroatoms. The SMILES string of the molecule is COc1nc(C)cc(C)c1CNC(=O)N1CCc2ccc(C)cc21. The van der Waals surface area contributed by atoms with Gasteiger partial charge in [0.1, 0.15) is 0 Å². The average Bonchev–Trinajstić information content (AvgIpc) is 2.96. The van der Waals surface area contributed by atoms with E-state index in [2.05, 4.69) is 28.5 Å². The van der Waals surface area contributed by atoms with E-state index in [1.54, 1.807) is 7.11 Å². The first-order valence-corrected chi connectivity index (χ1v) is 8.15. The van der Waals surface area contributed by atoms with Crippen LogP contribution in [0.5, 0.6) is 5.88 Å². The number of nitrogens with one attached hydrogen (secondary N) is 1. The second kappa shape index (κ2) is 6.51. The molecule has 0 atom stereocenters. The molecule has 0 bridgehead atoms. The summed E-state index contributed by atoms with van der Waals surface area (Å²) in [6.07, 6.45) is 0.900. The molecule has 0 fully saturated rings. The number of hydrogen-bond donors (Lipinski definition) is 1. The molecule has 126 valence electrons. The van der Waals surface area contributed by atoms with Crippen molar-refractivity contribution in [2.24, 2.45) is 0 Å². The standard InChI is InChI=1S/C19H23N3O2/c1-12-5-6-15-7-8-22(17(15)9-12)19(23)20-11-16-13(2)10-14(3)21-18(16)24-4/h5-6,9-10H,7-8,11H2,1-4H3,(H,20,23). The molecule has 5 nitrogen and oxygen atoms in total. The molecule has 2 aromatic rings. The third-order valence-corrected chi connectivity index (χ3v) is 4.43. The number of urea groups is 1. The minimum atomic E-state index is -0.0821. The van der Waals surface area contributed by atoms with Gasteiger partial charge in [0.15, 0.2) is 0 Å². The summed E-state index contributed by atoms with van der Waals surface area (Å²) in [6.45, 7) is 7.10. The van der Waals surface area contributed by atoms with Crippen molar-refractivity contribution >= 4 is 11.7 Å². The van der Waals surface area contributed by atoms with Gasteiger partial charge in [0.2, 0.25) is 5.88 Å². The summed E-state index contributed by atoms with van der Waals surface area (Å²) in [4.78, 5) is 18.8.